The van der Waals surface area contributed by atoms with Gasteiger partial charge in [0.2, 0.25) is 0 Å². The van der Waals surface area contributed by atoms with E-state index in [9.17, 15) is 9.90 Å². The second-order valence-electron chi connectivity index (χ2n) is 4.84. The van der Waals surface area contributed by atoms with Crippen molar-refractivity contribution in [1.82, 2.24) is 9.55 Å². The highest BCUT2D eigenvalue weighted by molar-refractivity contribution is 5.81. The second kappa shape index (κ2) is 4.80. The molecule has 0 spiro atoms. The number of aryl methyl sites for hydroxylation is 1. The molecule has 4 nitrogen and oxygen atoms in total. The molecule has 0 aliphatic carbocycles. The van der Waals surface area contributed by atoms with Crippen LogP contribution in [-0.2, 0) is 11.3 Å². The number of carboxylic acids is 1. The molecule has 1 aromatic carbocycles. The van der Waals surface area contributed by atoms with Gasteiger partial charge in [-0.05, 0) is 30.5 Å². The number of carboxylic acid groups (broad SMARTS) is 1. The molecule has 1 atom stereocenters. The van der Waals surface area contributed by atoms with Gasteiger partial charge in [-0.15, -0.1) is 0 Å². The molecule has 1 unspecified atom stereocenters. The zero-order valence-electron chi connectivity index (χ0n) is 10.9. The monoisotopic (exact) mass is 246 g/mol. The van der Waals surface area contributed by atoms with Crippen molar-refractivity contribution < 1.29 is 9.90 Å². The van der Waals surface area contributed by atoms with Gasteiger partial charge in [-0.1, -0.05) is 19.9 Å². The van der Waals surface area contributed by atoms with Crippen molar-refractivity contribution in [3.8, 4) is 0 Å². The molecule has 1 N–H and O–H groups in total. The summed E-state index contributed by atoms with van der Waals surface area (Å²) in [5.41, 5.74) is 2.74. The largest absolute Gasteiger partial charge is 0.481 e. The number of fused-ring (bicyclic) bond motifs is 1. The van der Waals surface area contributed by atoms with Crippen LogP contribution in [0.25, 0.3) is 11.0 Å². The van der Waals surface area contributed by atoms with Crippen molar-refractivity contribution in [3.63, 3.8) is 0 Å². The lowest BCUT2D eigenvalue weighted by Crippen LogP contribution is -2.17. The molecule has 0 saturated carbocycles. The van der Waals surface area contributed by atoms with E-state index in [-0.39, 0.29) is 5.92 Å². The van der Waals surface area contributed by atoms with E-state index in [1.807, 2.05) is 36.6 Å². The maximum absolute atomic E-state index is 11.3. The van der Waals surface area contributed by atoms with Gasteiger partial charge in [-0.3, -0.25) is 4.79 Å². The molecule has 2 aromatic rings. The number of imidazole rings is 1. The van der Waals surface area contributed by atoms with Gasteiger partial charge in [0.05, 0.1) is 23.3 Å². The lowest BCUT2D eigenvalue weighted by molar-refractivity contribution is -0.139. The van der Waals surface area contributed by atoms with Crippen LogP contribution in [0.2, 0.25) is 0 Å². The van der Waals surface area contributed by atoms with Crippen LogP contribution in [0, 0.1) is 5.92 Å². The average molecular weight is 246 g/mol. The maximum atomic E-state index is 11.3. The van der Waals surface area contributed by atoms with Crippen LogP contribution in [0.5, 0.6) is 0 Å². The average Bonchev–Trinajstić information content (AvgIpc) is 2.70. The summed E-state index contributed by atoms with van der Waals surface area (Å²) in [4.78, 5) is 15.6. The van der Waals surface area contributed by atoms with E-state index in [4.69, 9.17) is 0 Å². The van der Waals surface area contributed by atoms with Gasteiger partial charge < -0.3 is 9.67 Å². The minimum atomic E-state index is -0.778. The normalized spacial score (nSPS) is 13.1. The Labute approximate surface area is 106 Å². The third kappa shape index (κ3) is 2.10. The van der Waals surface area contributed by atoms with E-state index >= 15 is 0 Å². The molecule has 0 amide bonds. The molecule has 96 valence electrons. The highest BCUT2D eigenvalue weighted by Gasteiger charge is 2.24. The Bertz CT molecular complexity index is 572. The number of carbonyl (C=O) groups is 1. The Kier molecular flexibility index (Phi) is 3.36. The van der Waals surface area contributed by atoms with Crippen LogP contribution >= 0.6 is 0 Å². The molecule has 2 rings (SSSR count). The van der Waals surface area contributed by atoms with Crippen LogP contribution in [-0.4, -0.2) is 20.6 Å². The summed E-state index contributed by atoms with van der Waals surface area (Å²) in [5.74, 6) is -1.19. The zero-order valence-corrected chi connectivity index (χ0v) is 10.9. The second-order valence-corrected chi connectivity index (χ2v) is 4.84. The van der Waals surface area contributed by atoms with Crippen molar-refractivity contribution in [2.75, 3.05) is 0 Å². The lowest BCUT2D eigenvalue weighted by Gasteiger charge is -2.16. The van der Waals surface area contributed by atoms with E-state index in [0.29, 0.717) is 0 Å². The van der Waals surface area contributed by atoms with Crippen LogP contribution in [0.15, 0.2) is 24.5 Å². The van der Waals surface area contributed by atoms with Crippen LogP contribution < -0.4 is 0 Å². The first kappa shape index (κ1) is 12.6. The highest BCUT2D eigenvalue weighted by atomic mass is 16.4. The van der Waals surface area contributed by atoms with Crippen molar-refractivity contribution in [3.05, 3.63) is 30.1 Å². The number of benzene rings is 1. The molecule has 1 aromatic heterocycles. The standard InChI is InChI=1S/C14H18N2O2/c1-4-16-8-15-11-7-10(5-6-12(11)16)13(9(2)3)14(17)18/h5-9,13H,4H2,1-3H3,(H,17,18). The van der Waals surface area contributed by atoms with E-state index in [1.54, 1.807) is 6.33 Å². The van der Waals surface area contributed by atoms with Gasteiger partial charge in [-0.2, -0.15) is 0 Å². The van der Waals surface area contributed by atoms with E-state index in [2.05, 4.69) is 11.9 Å². The van der Waals surface area contributed by atoms with Crippen molar-refractivity contribution in [2.45, 2.75) is 33.2 Å². The van der Waals surface area contributed by atoms with Gasteiger partial charge in [0.25, 0.3) is 0 Å². The Balaban J connectivity index is 2.49. The molecular weight excluding hydrogens is 228 g/mol. The highest BCUT2D eigenvalue weighted by Crippen LogP contribution is 2.27. The summed E-state index contributed by atoms with van der Waals surface area (Å²) in [7, 11) is 0. The number of nitrogens with zero attached hydrogens (tertiary/aromatic N) is 2. The fraction of sp³-hybridized carbons (Fsp3) is 0.429. The predicted octanol–water partition coefficient (Wildman–Crippen LogP) is 2.88. The molecular formula is C14H18N2O2. The Morgan fingerprint density at radius 3 is 2.72 bits per heavy atom. The lowest BCUT2D eigenvalue weighted by atomic mass is 9.88. The fourth-order valence-electron chi connectivity index (χ4n) is 2.34. The number of aliphatic carboxylic acids is 1. The van der Waals surface area contributed by atoms with Crippen LogP contribution in [0.4, 0.5) is 0 Å². The SMILES string of the molecule is CCn1cnc2cc(C(C(=O)O)C(C)C)ccc21. The molecule has 0 aliphatic heterocycles. The first-order valence-corrected chi connectivity index (χ1v) is 6.22. The number of hydrogen-bond donors (Lipinski definition) is 1. The first-order chi connectivity index (χ1) is 8.54. The van der Waals surface area contributed by atoms with E-state index in [1.165, 1.54) is 0 Å². The molecule has 0 radical (unpaired) electrons. The minimum Gasteiger partial charge on any atom is -0.481 e. The van der Waals surface area contributed by atoms with Gasteiger partial charge in [0, 0.05) is 6.54 Å². The molecule has 0 bridgehead atoms. The fourth-order valence-corrected chi connectivity index (χ4v) is 2.34. The minimum absolute atomic E-state index is 0.0632. The number of rotatable bonds is 4. The third-order valence-corrected chi connectivity index (χ3v) is 3.28. The van der Waals surface area contributed by atoms with Gasteiger partial charge in [-0.25, -0.2) is 4.98 Å². The summed E-state index contributed by atoms with van der Waals surface area (Å²) in [6.07, 6.45) is 1.79. The summed E-state index contributed by atoms with van der Waals surface area (Å²) in [6.45, 7) is 6.77. The zero-order chi connectivity index (χ0) is 13.3. The molecule has 4 heteroatoms. The van der Waals surface area contributed by atoms with Crippen molar-refractivity contribution in [2.24, 2.45) is 5.92 Å². The Morgan fingerprint density at radius 2 is 2.17 bits per heavy atom. The Hall–Kier alpha value is -1.84. The third-order valence-electron chi connectivity index (χ3n) is 3.28. The summed E-state index contributed by atoms with van der Waals surface area (Å²) in [6, 6.07) is 5.74. The molecule has 0 saturated heterocycles. The van der Waals surface area contributed by atoms with Gasteiger partial charge in [0.15, 0.2) is 0 Å². The summed E-state index contributed by atoms with van der Waals surface area (Å²) >= 11 is 0. The Morgan fingerprint density at radius 1 is 1.44 bits per heavy atom. The van der Waals surface area contributed by atoms with E-state index in [0.717, 1.165) is 23.1 Å². The van der Waals surface area contributed by atoms with Crippen LogP contribution in [0.1, 0.15) is 32.3 Å². The first-order valence-electron chi connectivity index (χ1n) is 6.22. The predicted molar refractivity (Wildman–Crippen MR) is 70.6 cm³/mol. The topological polar surface area (TPSA) is 55.1 Å². The van der Waals surface area contributed by atoms with Gasteiger partial charge in [0.1, 0.15) is 0 Å². The van der Waals surface area contributed by atoms with Crippen molar-refractivity contribution >= 4 is 17.0 Å². The molecule has 0 fully saturated rings. The summed E-state index contributed by atoms with van der Waals surface area (Å²) < 4.78 is 2.05. The van der Waals surface area contributed by atoms with E-state index < -0.39 is 11.9 Å². The summed E-state index contributed by atoms with van der Waals surface area (Å²) in [5, 5.41) is 9.29. The molecule has 18 heavy (non-hydrogen) atoms. The number of aromatic nitrogens is 2. The number of hydrogen-bond acceptors (Lipinski definition) is 2. The maximum Gasteiger partial charge on any atom is 0.311 e. The molecule has 1 heterocycles. The molecule has 0 aliphatic rings. The van der Waals surface area contributed by atoms with Gasteiger partial charge >= 0.3 is 5.97 Å². The van der Waals surface area contributed by atoms with Crippen molar-refractivity contribution in [1.29, 1.82) is 0 Å². The quantitative estimate of drug-likeness (QED) is 0.902. The smallest absolute Gasteiger partial charge is 0.311 e. The van der Waals surface area contributed by atoms with Crippen LogP contribution in [0.3, 0.4) is 0 Å².